The highest BCUT2D eigenvalue weighted by Crippen LogP contribution is 2.31. The lowest BCUT2D eigenvalue weighted by molar-refractivity contribution is 1.08. The van der Waals surface area contributed by atoms with E-state index in [1.54, 1.807) is 0 Å². The minimum absolute atomic E-state index is 0.741. The fraction of sp³-hybridized carbons (Fsp3) is 0.222. The predicted octanol–water partition coefficient (Wildman–Crippen LogP) is 4.28. The highest BCUT2D eigenvalue weighted by molar-refractivity contribution is 8.13. The first-order chi connectivity index (χ1) is 12.2. The van der Waals surface area contributed by atoms with Crippen molar-refractivity contribution in [1.29, 1.82) is 0 Å². The van der Waals surface area contributed by atoms with E-state index in [-0.39, 0.29) is 0 Å². The van der Waals surface area contributed by atoms with Gasteiger partial charge < -0.3 is 0 Å². The van der Waals surface area contributed by atoms with Gasteiger partial charge in [-0.15, -0.1) is 0 Å². The third-order valence-corrected chi connectivity index (χ3v) is 4.78. The molecule has 0 aromatic heterocycles. The van der Waals surface area contributed by atoms with Gasteiger partial charge in [-0.3, -0.25) is 10.4 Å². The minimum Gasteiger partial charge on any atom is -0.281 e. The average molecular weight is 423 g/mol. The molecule has 2 N–H and O–H groups in total. The standard InChI is InChI=1S/C18H24N4P2S2/c1-23(2,25)21-19-17(15-11-7-5-8-12-15)18(20-22-24(3,4)26)16-13-9-6-10-14-16/h5-14H,1-4H3,(H,21,25)(H,22,26)/b19-17+,20-18+. The highest BCUT2D eigenvalue weighted by Gasteiger charge is 2.16. The lowest BCUT2D eigenvalue weighted by atomic mass is 10.00. The van der Waals surface area contributed by atoms with Crippen LogP contribution in [0.3, 0.4) is 0 Å². The van der Waals surface area contributed by atoms with Gasteiger partial charge in [0.25, 0.3) is 0 Å². The molecule has 0 atom stereocenters. The maximum absolute atomic E-state index is 5.51. The molecule has 26 heavy (non-hydrogen) atoms. The molecule has 8 heteroatoms. The minimum atomic E-state index is -1.72. The maximum atomic E-state index is 5.51. The molecular weight excluding hydrogens is 398 g/mol. The summed E-state index contributed by atoms with van der Waals surface area (Å²) in [5.41, 5.74) is 3.41. The third-order valence-electron chi connectivity index (χ3n) is 3.12. The number of benzene rings is 2. The second kappa shape index (κ2) is 9.05. The van der Waals surface area contributed by atoms with Crippen molar-refractivity contribution in [3.63, 3.8) is 0 Å². The van der Waals surface area contributed by atoms with Crippen LogP contribution in [-0.2, 0) is 23.6 Å². The van der Waals surface area contributed by atoms with Crippen LogP contribution in [0.15, 0.2) is 70.9 Å². The zero-order chi connectivity index (χ0) is 19.2. The Balaban J connectivity index is 2.61. The van der Waals surface area contributed by atoms with Crippen molar-refractivity contribution in [2.75, 3.05) is 26.7 Å². The fourth-order valence-electron chi connectivity index (χ4n) is 2.04. The number of hydrogen-bond donors (Lipinski definition) is 2. The normalized spacial score (nSPS) is 13.4. The molecule has 0 amide bonds. The van der Waals surface area contributed by atoms with Crippen LogP contribution in [0.25, 0.3) is 0 Å². The Labute approximate surface area is 166 Å². The summed E-state index contributed by atoms with van der Waals surface area (Å²) in [5.74, 6) is 0. The SMILES string of the molecule is CP(C)(=S)N/N=C(/C(=N/NP(C)(C)=S)c1ccccc1)c1ccccc1. The van der Waals surface area contributed by atoms with Crippen LogP contribution in [0.2, 0.25) is 0 Å². The highest BCUT2D eigenvalue weighted by atomic mass is 32.4. The van der Waals surface area contributed by atoms with Gasteiger partial charge in [-0.1, -0.05) is 84.3 Å². The summed E-state index contributed by atoms with van der Waals surface area (Å²) in [6.07, 6.45) is -3.43. The summed E-state index contributed by atoms with van der Waals surface area (Å²) < 4.78 is 0. The quantitative estimate of drug-likeness (QED) is 0.397. The lowest BCUT2D eigenvalue weighted by Crippen LogP contribution is -2.22. The molecule has 0 unspecified atom stereocenters. The topological polar surface area (TPSA) is 48.8 Å². The number of hydrogen-bond acceptors (Lipinski definition) is 4. The Hall–Kier alpha value is -1.32. The Morgan fingerprint density at radius 2 is 0.962 bits per heavy atom. The molecule has 138 valence electrons. The maximum Gasteiger partial charge on any atom is 0.118 e. The zero-order valence-corrected chi connectivity index (χ0v) is 18.8. The molecule has 2 rings (SSSR count). The smallest absolute Gasteiger partial charge is 0.118 e. The van der Waals surface area contributed by atoms with Crippen LogP contribution < -0.4 is 10.4 Å². The molecule has 0 saturated heterocycles. The summed E-state index contributed by atoms with van der Waals surface area (Å²) in [6, 6.07) is 20.0. The van der Waals surface area contributed by atoms with Crippen LogP contribution in [-0.4, -0.2) is 38.1 Å². The van der Waals surface area contributed by atoms with Crippen molar-refractivity contribution in [2.45, 2.75) is 0 Å². The van der Waals surface area contributed by atoms with Gasteiger partial charge in [-0.2, -0.15) is 10.2 Å². The van der Waals surface area contributed by atoms with Crippen molar-refractivity contribution >= 4 is 47.4 Å². The van der Waals surface area contributed by atoms with E-state index in [1.807, 2.05) is 87.3 Å². The van der Waals surface area contributed by atoms with E-state index < -0.39 is 12.4 Å². The molecule has 2 aromatic rings. The number of hydrazone groups is 2. The largest absolute Gasteiger partial charge is 0.281 e. The van der Waals surface area contributed by atoms with Crippen LogP contribution in [0, 0.1) is 0 Å². The predicted molar refractivity (Wildman–Crippen MR) is 124 cm³/mol. The second-order valence-corrected chi connectivity index (χ2v) is 17.8. The molecule has 0 heterocycles. The molecule has 0 saturated carbocycles. The zero-order valence-electron chi connectivity index (χ0n) is 15.4. The summed E-state index contributed by atoms with van der Waals surface area (Å²) in [4.78, 5) is 0. The molecule has 0 fully saturated rings. The van der Waals surface area contributed by atoms with Crippen molar-refractivity contribution in [3.8, 4) is 0 Å². The fourth-order valence-corrected chi connectivity index (χ4v) is 2.97. The monoisotopic (exact) mass is 422 g/mol. The second-order valence-electron chi connectivity index (χ2n) is 6.55. The van der Waals surface area contributed by atoms with Crippen molar-refractivity contribution in [1.82, 2.24) is 10.4 Å². The lowest BCUT2D eigenvalue weighted by Gasteiger charge is -2.16. The van der Waals surface area contributed by atoms with Crippen LogP contribution >= 0.6 is 12.4 Å². The van der Waals surface area contributed by atoms with Crippen molar-refractivity contribution in [3.05, 3.63) is 71.8 Å². The summed E-state index contributed by atoms with van der Waals surface area (Å²) in [5, 5.41) is 15.6. The van der Waals surface area contributed by atoms with E-state index in [9.17, 15) is 0 Å². The first-order valence-electron chi connectivity index (χ1n) is 8.07. The molecule has 4 nitrogen and oxygen atoms in total. The van der Waals surface area contributed by atoms with E-state index in [0.717, 1.165) is 22.6 Å². The van der Waals surface area contributed by atoms with Crippen LogP contribution in [0.4, 0.5) is 0 Å². The van der Waals surface area contributed by atoms with E-state index in [2.05, 4.69) is 20.6 Å². The van der Waals surface area contributed by atoms with E-state index in [4.69, 9.17) is 23.6 Å². The Bertz CT molecular complexity index is 808. The van der Waals surface area contributed by atoms with Gasteiger partial charge in [0.1, 0.15) is 11.4 Å². The summed E-state index contributed by atoms with van der Waals surface area (Å²) in [7, 11) is 0. The van der Waals surface area contributed by atoms with Crippen molar-refractivity contribution in [2.24, 2.45) is 10.2 Å². The Morgan fingerprint density at radius 1 is 0.654 bits per heavy atom. The van der Waals surface area contributed by atoms with Gasteiger partial charge >= 0.3 is 0 Å². The average Bonchev–Trinajstić information content (AvgIpc) is 2.57. The third kappa shape index (κ3) is 7.13. The molecule has 2 aromatic carbocycles. The van der Waals surface area contributed by atoms with E-state index >= 15 is 0 Å². The summed E-state index contributed by atoms with van der Waals surface area (Å²) in [6.45, 7) is 8.02. The number of rotatable bonds is 7. The first kappa shape index (κ1) is 21.0. The van der Waals surface area contributed by atoms with Gasteiger partial charge in [0.2, 0.25) is 0 Å². The molecular formula is C18H24N4P2S2. The number of nitrogens with one attached hydrogen (secondary N) is 2. The molecule has 0 bridgehead atoms. The molecule has 0 aliphatic rings. The van der Waals surface area contributed by atoms with Crippen LogP contribution in [0.1, 0.15) is 11.1 Å². The van der Waals surface area contributed by atoms with Gasteiger partial charge in [-0.05, 0) is 26.7 Å². The molecule has 0 spiro atoms. The molecule has 0 radical (unpaired) electrons. The van der Waals surface area contributed by atoms with Gasteiger partial charge in [-0.25, -0.2) is 0 Å². The van der Waals surface area contributed by atoms with Gasteiger partial charge in [0.15, 0.2) is 0 Å². The first-order valence-corrected chi connectivity index (χ1v) is 15.5. The Kier molecular flexibility index (Phi) is 7.31. The molecule has 0 aliphatic carbocycles. The van der Waals surface area contributed by atoms with Crippen LogP contribution in [0.5, 0.6) is 0 Å². The Morgan fingerprint density at radius 3 is 1.23 bits per heavy atom. The van der Waals surface area contributed by atoms with E-state index in [1.165, 1.54) is 0 Å². The number of nitrogens with zero attached hydrogens (tertiary/aromatic N) is 2. The van der Waals surface area contributed by atoms with Gasteiger partial charge in [0.05, 0.1) is 0 Å². The van der Waals surface area contributed by atoms with Crippen molar-refractivity contribution < 1.29 is 0 Å². The van der Waals surface area contributed by atoms with Gasteiger partial charge in [0, 0.05) is 23.5 Å². The summed E-state index contributed by atoms with van der Waals surface area (Å²) >= 11 is 11.0. The van der Waals surface area contributed by atoms with E-state index in [0.29, 0.717) is 0 Å². The molecule has 0 aliphatic heterocycles.